The molecule has 4 nitrogen and oxygen atoms in total. The Labute approximate surface area is 124 Å². The van der Waals surface area contributed by atoms with Gasteiger partial charge in [0.15, 0.2) is 0 Å². The van der Waals surface area contributed by atoms with E-state index in [0.717, 1.165) is 25.8 Å². The Balaban J connectivity index is 1.63. The first-order chi connectivity index (χ1) is 9.66. The first-order valence-corrected chi connectivity index (χ1v) is 7.49. The number of halogens is 1. The molecule has 1 aliphatic carbocycles. The molecule has 20 heavy (non-hydrogen) atoms. The monoisotopic (exact) mass is 299 g/mol. The van der Waals surface area contributed by atoms with E-state index in [0.29, 0.717) is 23.2 Å². The summed E-state index contributed by atoms with van der Waals surface area (Å²) in [7, 11) is 0. The van der Waals surface area contributed by atoms with Crippen molar-refractivity contribution in [2.75, 3.05) is 19.7 Å². The van der Waals surface area contributed by atoms with Crippen molar-refractivity contribution in [2.24, 2.45) is 5.92 Å². The molecule has 0 amide bonds. The molecule has 0 bridgehead atoms. The molecule has 3 atom stereocenters. The second-order valence-electron chi connectivity index (χ2n) is 5.31. The van der Waals surface area contributed by atoms with Gasteiger partial charge < -0.3 is 20.3 Å². The highest BCUT2D eigenvalue weighted by molar-refractivity contribution is 6.32. The average molecular weight is 300 g/mol. The molecule has 1 aromatic rings. The van der Waals surface area contributed by atoms with Crippen molar-refractivity contribution in [2.45, 2.75) is 31.5 Å². The number of nitrogens with one attached hydrogen (secondary N) is 1. The van der Waals surface area contributed by atoms with Crippen LogP contribution in [0.15, 0.2) is 24.3 Å². The zero-order valence-corrected chi connectivity index (χ0v) is 12.2. The number of aliphatic hydroxyl groups excluding tert-OH is 2. The van der Waals surface area contributed by atoms with Crippen LogP contribution in [-0.2, 0) is 0 Å². The first-order valence-electron chi connectivity index (χ1n) is 7.11. The van der Waals surface area contributed by atoms with Crippen LogP contribution in [0.1, 0.15) is 19.3 Å². The number of benzene rings is 1. The minimum absolute atomic E-state index is 0.195. The van der Waals surface area contributed by atoms with Crippen molar-refractivity contribution < 1.29 is 14.9 Å². The van der Waals surface area contributed by atoms with Gasteiger partial charge in [0, 0.05) is 13.1 Å². The standard InChI is InChI=1S/C15H22ClNO3/c16-13-5-1-2-7-15(13)20-10-12(18)9-17-8-11-4-3-6-14(11)19/h1-2,5,7,11-12,14,17-19H,3-4,6,8-10H2. The molecule has 0 spiro atoms. The van der Waals surface area contributed by atoms with Crippen LogP contribution in [0.5, 0.6) is 5.75 Å². The van der Waals surface area contributed by atoms with Gasteiger partial charge in [0.25, 0.3) is 0 Å². The predicted octanol–water partition coefficient (Wildman–Crippen LogP) is 1.83. The summed E-state index contributed by atoms with van der Waals surface area (Å²) < 4.78 is 5.47. The van der Waals surface area contributed by atoms with Crippen molar-refractivity contribution in [1.29, 1.82) is 0 Å². The number of ether oxygens (including phenoxy) is 1. The van der Waals surface area contributed by atoms with Gasteiger partial charge in [-0.15, -0.1) is 0 Å². The second-order valence-corrected chi connectivity index (χ2v) is 5.72. The van der Waals surface area contributed by atoms with Gasteiger partial charge in [-0.25, -0.2) is 0 Å². The molecule has 0 radical (unpaired) electrons. The largest absolute Gasteiger partial charge is 0.489 e. The summed E-state index contributed by atoms with van der Waals surface area (Å²) in [6.07, 6.45) is 2.25. The molecule has 1 fully saturated rings. The molecular formula is C15H22ClNO3. The van der Waals surface area contributed by atoms with E-state index in [1.165, 1.54) is 0 Å². The lowest BCUT2D eigenvalue weighted by molar-refractivity contribution is 0.0981. The molecule has 0 aliphatic heterocycles. The Hall–Kier alpha value is -0.810. The minimum atomic E-state index is -0.593. The predicted molar refractivity (Wildman–Crippen MR) is 79.2 cm³/mol. The third-order valence-corrected chi connectivity index (χ3v) is 3.99. The molecule has 3 N–H and O–H groups in total. The van der Waals surface area contributed by atoms with E-state index in [2.05, 4.69) is 5.32 Å². The number of rotatable bonds is 7. The lowest BCUT2D eigenvalue weighted by Crippen LogP contribution is -2.36. The van der Waals surface area contributed by atoms with Crippen molar-refractivity contribution in [3.8, 4) is 5.75 Å². The van der Waals surface area contributed by atoms with Gasteiger partial charge in [-0.2, -0.15) is 0 Å². The van der Waals surface area contributed by atoms with Gasteiger partial charge in [0.05, 0.1) is 11.1 Å². The third kappa shape index (κ3) is 4.63. The summed E-state index contributed by atoms with van der Waals surface area (Å²) in [5, 5.41) is 23.3. The minimum Gasteiger partial charge on any atom is -0.489 e. The third-order valence-electron chi connectivity index (χ3n) is 3.67. The quantitative estimate of drug-likeness (QED) is 0.719. The molecule has 1 aliphatic rings. The van der Waals surface area contributed by atoms with Gasteiger partial charge in [-0.05, 0) is 30.9 Å². The number of aliphatic hydroxyl groups is 2. The van der Waals surface area contributed by atoms with E-state index in [1.807, 2.05) is 12.1 Å². The summed E-state index contributed by atoms with van der Waals surface area (Å²) in [5.74, 6) is 0.895. The van der Waals surface area contributed by atoms with Crippen LogP contribution >= 0.6 is 11.6 Å². The Morgan fingerprint density at radius 3 is 2.85 bits per heavy atom. The van der Waals surface area contributed by atoms with E-state index in [1.54, 1.807) is 12.1 Å². The fraction of sp³-hybridized carbons (Fsp3) is 0.600. The summed E-state index contributed by atoms with van der Waals surface area (Å²) in [5.41, 5.74) is 0. The van der Waals surface area contributed by atoms with E-state index >= 15 is 0 Å². The number of hydrogen-bond donors (Lipinski definition) is 3. The number of para-hydroxylation sites is 1. The lowest BCUT2D eigenvalue weighted by Gasteiger charge is -2.17. The summed E-state index contributed by atoms with van der Waals surface area (Å²) in [6.45, 7) is 1.39. The highest BCUT2D eigenvalue weighted by atomic mass is 35.5. The van der Waals surface area contributed by atoms with Gasteiger partial charge in [0.1, 0.15) is 18.5 Å². The first kappa shape index (κ1) is 15.6. The molecule has 1 aromatic carbocycles. The smallest absolute Gasteiger partial charge is 0.138 e. The second kappa shape index (κ2) is 7.84. The van der Waals surface area contributed by atoms with Crippen LogP contribution in [0, 0.1) is 5.92 Å². The summed E-state index contributed by atoms with van der Waals surface area (Å²) in [6, 6.07) is 7.20. The van der Waals surface area contributed by atoms with Crippen LogP contribution < -0.4 is 10.1 Å². The molecule has 1 saturated carbocycles. The number of hydrogen-bond acceptors (Lipinski definition) is 4. The zero-order valence-electron chi connectivity index (χ0n) is 11.5. The maximum atomic E-state index is 9.85. The maximum absolute atomic E-state index is 9.85. The summed E-state index contributed by atoms with van der Waals surface area (Å²) >= 11 is 5.96. The molecular weight excluding hydrogens is 278 g/mol. The Kier molecular flexibility index (Phi) is 6.10. The molecule has 0 heterocycles. The fourth-order valence-corrected chi connectivity index (χ4v) is 2.69. The van der Waals surface area contributed by atoms with E-state index < -0.39 is 6.10 Å². The fourth-order valence-electron chi connectivity index (χ4n) is 2.50. The lowest BCUT2D eigenvalue weighted by atomic mass is 10.1. The average Bonchev–Trinajstić information content (AvgIpc) is 2.84. The molecule has 112 valence electrons. The van der Waals surface area contributed by atoms with Crippen LogP contribution in [0.4, 0.5) is 0 Å². The van der Waals surface area contributed by atoms with Crippen molar-refractivity contribution in [1.82, 2.24) is 5.32 Å². The highest BCUT2D eigenvalue weighted by Gasteiger charge is 2.24. The normalized spacial score (nSPS) is 23.8. The molecule has 3 unspecified atom stereocenters. The topological polar surface area (TPSA) is 61.7 Å². The van der Waals surface area contributed by atoms with Crippen LogP contribution in [-0.4, -0.2) is 42.1 Å². The van der Waals surface area contributed by atoms with Crippen molar-refractivity contribution in [3.05, 3.63) is 29.3 Å². The molecule has 2 rings (SSSR count). The van der Waals surface area contributed by atoms with Crippen LogP contribution in [0.25, 0.3) is 0 Å². The zero-order chi connectivity index (χ0) is 14.4. The van der Waals surface area contributed by atoms with Gasteiger partial charge in [-0.3, -0.25) is 0 Å². The van der Waals surface area contributed by atoms with E-state index in [9.17, 15) is 10.2 Å². The molecule has 5 heteroatoms. The van der Waals surface area contributed by atoms with E-state index in [4.69, 9.17) is 16.3 Å². The van der Waals surface area contributed by atoms with Gasteiger partial charge >= 0.3 is 0 Å². The molecule has 0 saturated heterocycles. The Morgan fingerprint density at radius 1 is 1.35 bits per heavy atom. The SMILES string of the molecule is OC(CNCC1CCCC1O)COc1ccccc1Cl. The van der Waals surface area contributed by atoms with Gasteiger partial charge in [0.2, 0.25) is 0 Å². The maximum Gasteiger partial charge on any atom is 0.138 e. The van der Waals surface area contributed by atoms with Crippen LogP contribution in [0.3, 0.4) is 0 Å². The Bertz CT molecular complexity index is 416. The van der Waals surface area contributed by atoms with Gasteiger partial charge in [-0.1, -0.05) is 30.2 Å². The highest BCUT2D eigenvalue weighted by Crippen LogP contribution is 2.25. The van der Waals surface area contributed by atoms with Crippen molar-refractivity contribution >= 4 is 11.6 Å². The van der Waals surface area contributed by atoms with Crippen LogP contribution in [0.2, 0.25) is 5.02 Å². The van der Waals surface area contributed by atoms with Crippen molar-refractivity contribution in [3.63, 3.8) is 0 Å². The van der Waals surface area contributed by atoms with E-state index in [-0.39, 0.29) is 12.7 Å². The molecule has 0 aromatic heterocycles. The summed E-state index contributed by atoms with van der Waals surface area (Å²) in [4.78, 5) is 0. The Morgan fingerprint density at radius 2 is 2.15 bits per heavy atom.